The number of hydrazone groups is 1. The zero-order valence-corrected chi connectivity index (χ0v) is 9.41. The number of nitrogens with zero attached hydrogens (tertiary/aromatic N) is 2. The molecule has 5 heteroatoms. The van der Waals surface area contributed by atoms with Gasteiger partial charge in [-0.05, 0) is 13.3 Å². The first kappa shape index (κ1) is 11.7. The number of carbonyl (C=O) groups is 2. The Bertz CT molecular complexity index is 299. The first-order valence-electron chi connectivity index (χ1n) is 5.18. The van der Waals surface area contributed by atoms with Crippen molar-refractivity contribution in [2.75, 3.05) is 7.05 Å². The zero-order chi connectivity index (χ0) is 11.4. The number of amides is 2. The quantitative estimate of drug-likeness (QED) is 0.739. The average Bonchev–Trinajstić information content (AvgIpc) is 2.27. The van der Waals surface area contributed by atoms with Crippen molar-refractivity contribution in [2.24, 2.45) is 5.10 Å². The Morgan fingerprint density at radius 2 is 2.27 bits per heavy atom. The van der Waals surface area contributed by atoms with Crippen LogP contribution in [0.2, 0.25) is 0 Å². The number of hydrogen-bond acceptors (Lipinski definition) is 3. The summed E-state index contributed by atoms with van der Waals surface area (Å²) in [4.78, 5) is 24.4. The van der Waals surface area contributed by atoms with E-state index in [0.29, 0.717) is 18.6 Å². The van der Waals surface area contributed by atoms with E-state index in [0.717, 1.165) is 6.42 Å². The van der Waals surface area contributed by atoms with E-state index in [2.05, 4.69) is 10.5 Å². The average molecular weight is 211 g/mol. The second kappa shape index (κ2) is 4.91. The highest BCUT2D eigenvalue weighted by atomic mass is 16.2. The maximum Gasteiger partial charge on any atom is 0.270 e. The third kappa shape index (κ3) is 2.78. The SMILES string of the molecule is CCC(C)N(C)C(=O)C1=NNC(=O)CC1. The topological polar surface area (TPSA) is 61.8 Å². The first-order chi connectivity index (χ1) is 7.06. The van der Waals surface area contributed by atoms with E-state index >= 15 is 0 Å². The molecule has 1 atom stereocenters. The molecule has 2 amide bonds. The molecular weight excluding hydrogens is 194 g/mol. The number of nitrogens with one attached hydrogen (secondary N) is 1. The number of rotatable bonds is 3. The lowest BCUT2D eigenvalue weighted by Crippen LogP contribution is -2.42. The summed E-state index contributed by atoms with van der Waals surface area (Å²) in [6.07, 6.45) is 1.69. The Morgan fingerprint density at radius 1 is 1.60 bits per heavy atom. The maximum absolute atomic E-state index is 11.8. The molecule has 1 rings (SSSR count). The Kier molecular flexibility index (Phi) is 3.82. The van der Waals surface area contributed by atoms with E-state index in [4.69, 9.17) is 0 Å². The smallest absolute Gasteiger partial charge is 0.270 e. The van der Waals surface area contributed by atoms with Gasteiger partial charge in [0, 0.05) is 25.9 Å². The summed E-state index contributed by atoms with van der Waals surface area (Å²) < 4.78 is 0. The van der Waals surface area contributed by atoms with Gasteiger partial charge in [-0.2, -0.15) is 5.10 Å². The molecule has 0 aromatic rings. The number of carbonyl (C=O) groups excluding carboxylic acids is 2. The van der Waals surface area contributed by atoms with Gasteiger partial charge < -0.3 is 4.90 Å². The predicted octanol–water partition coefficient (Wildman–Crippen LogP) is 0.509. The van der Waals surface area contributed by atoms with Crippen LogP contribution in [0.5, 0.6) is 0 Å². The van der Waals surface area contributed by atoms with Crippen molar-refractivity contribution in [1.29, 1.82) is 0 Å². The highest BCUT2D eigenvalue weighted by molar-refractivity contribution is 6.39. The fourth-order valence-electron chi connectivity index (χ4n) is 1.31. The summed E-state index contributed by atoms with van der Waals surface area (Å²) in [6.45, 7) is 4.01. The lowest BCUT2D eigenvalue weighted by molar-refractivity contribution is -0.125. The van der Waals surface area contributed by atoms with Gasteiger partial charge in [-0.3, -0.25) is 9.59 Å². The van der Waals surface area contributed by atoms with Crippen LogP contribution in [-0.2, 0) is 9.59 Å². The molecule has 0 saturated heterocycles. The molecule has 1 unspecified atom stereocenters. The Balaban J connectivity index is 2.64. The zero-order valence-electron chi connectivity index (χ0n) is 9.41. The first-order valence-corrected chi connectivity index (χ1v) is 5.18. The Labute approximate surface area is 89.5 Å². The van der Waals surface area contributed by atoms with Crippen LogP contribution >= 0.6 is 0 Å². The fraction of sp³-hybridized carbons (Fsp3) is 0.700. The predicted molar refractivity (Wildman–Crippen MR) is 57.3 cm³/mol. The molecule has 0 radical (unpaired) electrons. The van der Waals surface area contributed by atoms with Crippen molar-refractivity contribution >= 4 is 17.5 Å². The van der Waals surface area contributed by atoms with Gasteiger partial charge in [0.1, 0.15) is 5.71 Å². The molecule has 1 heterocycles. The highest BCUT2D eigenvalue weighted by Gasteiger charge is 2.23. The van der Waals surface area contributed by atoms with Crippen LogP contribution < -0.4 is 5.43 Å². The highest BCUT2D eigenvalue weighted by Crippen LogP contribution is 2.06. The van der Waals surface area contributed by atoms with Gasteiger partial charge in [-0.25, -0.2) is 5.43 Å². The minimum absolute atomic E-state index is 0.0932. The van der Waals surface area contributed by atoms with Gasteiger partial charge in [0.05, 0.1) is 0 Å². The van der Waals surface area contributed by atoms with Gasteiger partial charge in [-0.15, -0.1) is 0 Å². The minimum atomic E-state index is -0.127. The second-order valence-corrected chi connectivity index (χ2v) is 3.77. The van der Waals surface area contributed by atoms with E-state index in [-0.39, 0.29) is 17.9 Å². The minimum Gasteiger partial charge on any atom is -0.338 e. The van der Waals surface area contributed by atoms with Gasteiger partial charge in [0.25, 0.3) is 5.91 Å². The molecule has 0 aliphatic carbocycles. The number of hydrogen-bond donors (Lipinski definition) is 1. The third-order valence-electron chi connectivity index (χ3n) is 2.72. The van der Waals surface area contributed by atoms with Crippen LogP contribution in [0.25, 0.3) is 0 Å². The van der Waals surface area contributed by atoms with Crippen molar-refractivity contribution in [3.63, 3.8) is 0 Å². The standard InChI is InChI=1S/C10H17N3O2/c1-4-7(2)13(3)10(15)8-5-6-9(14)12-11-8/h7H,4-6H2,1-3H3,(H,12,14). The van der Waals surface area contributed by atoms with Crippen molar-refractivity contribution in [3.8, 4) is 0 Å². The summed E-state index contributed by atoms with van der Waals surface area (Å²) >= 11 is 0. The molecule has 0 spiro atoms. The van der Waals surface area contributed by atoms with E-state index in [1.807, 2.05) is 13.8 Å². The molecule has 1 N–H and O–H groups in total. The lowest BCUT2D eigenvalue weighted by atomic mass is 10.1. The molecule has 5 nitrogen and oxygen atoms in total. The summed E-state index contributed by atoms with van der Waals surface area (Å²) in [5, 5.41) is 3.77. The molecule has 0 aromatic carbocycles. The van der Waals surface area contributed by atoms with E-state index < -0.39 is 0 Å². The van der Waals surface area contributed by atoms with E-state index in [1.54, 1.807) is 11.9 Å². The molecular formula is C10H17N3O2. The molecule has 84 valence electrons. The largest absolute Gasteiger partial charge is 0.338 e. The molecule has 0 saturated carbocycles. The monoisotopic (exact) mass is 211 g/mol. The van der Waals surface area contributed by atoms with Gasteiger partial charge in [0.15, 0.2) is 0 Å². The summed E-state index contributed by atoms with van der Waals surface area (Å²) in [6, 6.07) is 0.192. The summed E-state index contributed by atoms with van der Waals surface area (Å²) in [7, 11) is 1.76. The van der Waals surface area contributed by atoms with Crippen molar-refractivity contribution in [2.45, 2.75) is 39.2 Å². The summed E-state index contributed by atoms with van der Waals surface area (Å²) in [5.41, 5.74) is 2.77. The third-order valence-corrected chi connectivity index (χ3v) is 2.72. The van der Waals surface area contributed by atoms with Crippen LogP contribution in [0.15, 0.2) is 5.10 Å². The normalized spacial score (nSPS) is 17.8. The van der Waals surface area contributed by atoms with Crippen LogP contribution in [-0.4, -0.2) is 35.5 Å². The molecule has 1 aliphatic rings. The second-order valence-electron chi connectivity index (χ2n) is 3.77. The van der Waals surface area contributed by atoms with Crippen molar-refractivity contribution in [1.82, 2.24) is 10.3 Å². The molecule has 1 aliphatic heterocycles. The van der Waals surface area contributed by atoms with Crippen LogP contribution in [0.4, 0.5) is 0 Å². The molecule has 0 aromatic heterocycles. The molecule has 15 heavy (non-hydrogen) atoms. The fourth-order valence-corrected chi connectivity index (χ4v) is 1.31. The molecule has 0 fully saturated rings. The maximum atomic E-state index is 11.8. The van der Waals surface area contributed by atoms with Gasteiger partial charge >= 0.3 is 0 Å². The van der Waals surface area contributed by atoms with Gasteiger partial charge in [-0.1, -0.05) is 6.92 Å². The van der Waals surface area contributed by atoms with E-state index in [9.17, 15) is 9.59 Å². The van der Waals surface area contributed by atoms with Gasteiger partial charge in [0.2, 0.25) is 5.91 Å². The molecule has 0 bridgehead atoms. The van der Waals surface area contributed by atoms with Crippen LogP contribution in [0, 0.1) is 0 Å². The Morgan fingerprint density at radius 3 is 2.73 bits per heavy atom. The lowest BCUT2D eigenvalue weighted by Gasteiger charge is -2.25. The van der Waals surface area contributed by atoms with Crippen LogP contribution in [0.1, 0.15) is 33.1 Å². The van der Waals surface area contributed by atoms with Crippen LogP contribution in [0.3, 0.4) is 0 Å². The van der Waals surface area contributed by atoms with Crippen molar-refractivity contribution in [3.05, 3.63) is 0 Å². The van der Waals surface area contributed by atoms with E-state index in [1.165, 1.54) is 0 Å². The summed E-state index contributed by atoms with van der Waals surface area (Å²) in [5.74, 6) is -0.220. The van der Waals surface area contributed by atoms with Crippen molar-refractivity contribution < 1.29 is 9.59 Å². The Hall–Kier alpha value is -1.39.